The average Bonchev–Trinajstić information content (AvgIpc) is 2.99. The molecule has 0 atom stereocenters. The van der Waals surface area contributed by atoms with Gasteiger partial charge in [0.1, 0.15) is 5.82 Å². The first-order valence-corrected chi connectivity index (χ1v) is 6.96. The molecule has 0 bridgehead atoms. The van der Waals surface area contributed by atoms with Crippen LogP contribution in [0.2, 0.25) is 0 Å². The summed E-state index contributed by atoms with van der Waals surface area (Å²) < 4.78 is 18.9. The molecule has 1 aliphatic rings. The van der Waals surface area contributed by atoms with Gasteiger partial charge in [0.15, 0.2) is 5.82 Å². The third-order valence-corrected chi connectivity index (χ3v) is 4.18. The van der Waals surface area contributed by atoms with Crippen molar-refractivity contribution in [1.29, 1.82) is 0 Å². The van der Waals surface area contributed by atoms with Crippen LogP contribution in [-0.2, 0) is 5.54 Å². The van der Waals surface area contributed by atoms with Crippen molar-refractivity contribution < 1.29 is 8.91 Å². The largest absolute Gasteiger partial charge is 0.334 e. The second-order valence-corrected chi connectivity index (χ2v) is 5.76. The second-order valence-electron chi connectivity index (χ2n) is 4.91. The lowest BCUT2D eigenvalue weighted by Gasteiger charge is -2.17. The van der Waals surface area contributed by atoms with Crippen LogP contribution in [-0.4, -0.2) is 10.1 Å². The van der Waals surface area contributed by atoms with Crippen molar-refractivity contribution in [3.8, 4) is 11.5 Å². The Kier molecular flexibility index (Phi) is 3.14. The first-order chi connectivity index (χ1) is 9.08. The lowest BCUT2D eigenvalue weighted by atomic mass is 9.99. The summed E-state index contributed by atoms with van der Waals surface area (Å²) in [6, 6.07) is 4.33. The summed E-state index contributed by atoms with van der Waals surface area (Å²) in [5.41, 5.74) is 6.47. The lowest BCUT2D eigenvalue weighted by molar-refractivity contribution is 0.372. The normalized spacial score (nSPS) is 17.8. The van der Waals surface area contributed by atoms with Crippen LogP contribution in [0.4, 0.5) is 4.39 Å². The van der Waals surface area contributed by atoms with Crippen molar-refractivity contribution in [2.24, 2.45) is 5.73 Å². The summed E-state index contributed by atoms with van der Waals surface area (Å²) >= 11 is 3.29. The van der Waals surface area contributed by atoms with E-state index in [-0.39, 0.29) is 5.82 Å². The van der Waals surface area contributed by atoms with E-state index in [0.29, 0.717) is 21.8 Å². The molecule has 0 saturated heterocycles. The Bertz CT molecular complexity index is 608. The van der Waals surface area contributed by atoms with E-state index < -0.39 is 5.54 Å². The summed E-state index contributed by atoms with van der Waals surface area (Å²) in [4.78, 5) is 4.37. The highest BCUT2D eigenvalue weighted by Crippen LogP contribution is 2.36. The van der Waals surface area contributed by atoms with E-state index in [1.165, 1.54) is 12.1 Å². The zero-order valence-electron chi connectivity index (χ0n) is 10.2. The fraction of sp³-hybridized carbons (Fsp3) is 0.385. The predicted molar refractivity (Wildman–Crippen MR) is 71.7 cm³/mol. The summed E-state index contributed by atoms with van der Waals surface area (Å²) in [6.45, 7) is 0. The maximum absolute atomic E-state index is 13.1. The molecule has 1 saturated carbocycles. The van der Waals surface area contributed by atoms with Gasteiger partial charge in [-0.2, -0.15) is 4.98 Å². The summed E-state index contributed by atoms with van der Waals surface area (Å²) in [7, 11) is 0. The molecule has 1 fully saturated rings. The fourth-order valence-corrected chi connectivity index (χ4v) is 2.95. The third-order valence-electron chi connectivity index (χ3n) is 3.53. The molecule has 2 aromatic rings. The number of aromatic nitrogens is 2. The highest BCUT2D eigenvalue weighted by atomic mass is 79.9. The van der Waals surface area contributed by atoms with Gasteiger partial charge in [0.05, 0.1) is 11.1 Å². The Labute approximate surface area is 118 Å². The number of benzene rings is 1. The van der Waals surface area contributed by atoms with Crippen LogP contribution < -0.4 is 5.73 Å². The molecule has 0 radical (unpaired) electrons. The minimum Gasteiger partial charge on any atom is -0.334 e. The molecule has 1 aromatic carbocycles. The Hall–Kier alpha value is -1.27. The van der Waals surface area contributed by atoms with Crippen LogP contribution in [0.5, 0.6) is 0 Å². The van der Waals surface area contributed by atoms with Crippen LogP contribution in [0.3, 0.4) is 0 Å². The maximum atomic E-state index is 13.1. The van der Waals surface area contributed by atoms with Gasteiger partial charge >= 0.3 is 0 Å². The quantitative estimate of drug-likeness (QED) is 0.919. The summed E-state index contributed by atoms with van der Waals surface area (Å²) in [5, 5.41) is 3.98. The molecule has 2 N–H and O–H groups in total. The molecular formula is C13H13BrFN3O. The zero-order chi connectivity index (χ0) is 13.5. The lowest BCUT2D eigenvalue weighted by Crippen LogP contribution is -2.34. The number of nitrogens with two attached hydrogens (primary N) is 1. The van der Waals surface area contributed by atoms with Crippen molar-refractivity contribution in [1.82, 2.24) is 10.1 Å². The van der Waals surface area contributed by atoms with Crippen molar-refractivity contribution in [3.05, 3.63) is 34.3 Å². The molecule has 4 nitrogen and oxygen atoms in total. The van der Waals surface area contributed by atoms with Crippen molar-refractivity contribution in [3.63, 3.8) is 0 Å². The van der Waals surface area contributed by atoms with Gasteiger partial charge < -0.3 is 10.3 Å². The van der Waals surface area contributed by atoms with Gasteiger partial charge in [0.2, 0.25) is 0 Å². The first kappa shape index (κ1) is 12.7. The smallest absolute Gasteiger partial charge is 0.259 e. The van der Waals surface area contributed by atoms with Crippen molar-refractivity contribution in [2.75, 3.05) is 0 Å². The van der Waals surface area contributed by atoms with E-state index in [9.17, 15) is 4.39 Å². The highest BCUT2D eigenvalue weighted by molar-refractivity contribution is 9.10. The number of halogens is 2. The summed E-state index contributed by atoms with van der Waals surface area (Å²) in [6.07, 6.45) is 3.91. The molecule has 0 aliphatic heterocycles. The van der Waals surface area contributed by atoms with Crippen LogP contribution in [0.1, 0.15) is 31.5 Å². The second kappa shape index (κ2) is 4.68. The molecule has 100 valence electrons. The molecule has 1 aromatic heterocycles. The van der Waals surface area contributed by atoms with Gasteiger partial charge in [0, 0.05) is 4.47 Å². The van der Waals surface area contributed by atoms with Crippen molar-refractivity contribution in [2.45, 2.75) is 31.2 Å². The zero-order valence-corrected chi connectivity index (χ0v) is 11.8. The highest BCUT2D eigenvalue weighted by Gasteiger charge is 2.36. The molecule has 6 heteroatoms. The number of hydrogen-bond donors (Lipinski definition) is 1. The molecule has 0 amide bonds. The van der Waals surface area contributed by atoms with Gasteiger partial charge in [-0.15, -0.1) is 0 Å². The van der Waals surface area contributed by atoms with Crippen LogP contribution in [0, 0.1) is 5.82 Å². The van der Waals surface area contributed by atoms with Gasteiger partial charge in [-0.3, -0.25) is 0 Å². The predicted octanol–water partition coefficient (Wildman–Crippen LogP) is 3.37. The first-order valence-electron chi connectivity index (χ1n) is 6.17. The third kappa shape index (κ3) is 2.30. The topological polar surface area (TPSA) is 64.9 Å². The molecule has 0 unspecified atom stereocenters. The van der Waals surface area contributed by atoms with Crippen LogP contribution >= 0.6 is 15.9 Å². The Morgan fingerprint density at radius 3 is 2.74 bits per heavy atom. The Balaban J connectivity index is 1.97. The fourth-order valence-electron chi connectivity index (χ4n) is 2.43. The van der Waals surface area contributed by atoms with Crippen molar-refractivity contribution >= 4 is 15.9 Å². The SMILES string of the molecule is NC1(c2noc(-c3ccc(F)cc3Br)n2)CCCC1. The van der Waals surface area contributed by atoms with Crippen LogP contribution in [0.15, 0.2) is 27.2 Å². The van der Waals surface area contributed by atoms with Crippen LogP contribution in [0.25, 0.3) is 11.5 Å². The Morgan fingerprint density at radius 2 is 2.05 bits per heavy atom. The minimum absolute atomic E-state index is 0.318. The average molecular weight is 326 g/mol. The van der Waals surface area contributed by atoms with E-state index in [2.05, 4.69) is 26.1 Å². The molecule has 0 spiro atoms. The molecule has 1 heterocycles. The van der Waals surface area contributed by atoms with E-state index in [0.717, 1.165) is 25.7 Å². The number of nitrogens with zero attached hydrogens (tertiary/aromatic N) is 2. The van der Waals surface area contributed by atoms with E-state index >= 15 is 0 Å². The number of hydrogen-bond acceptors (Lipinski definition) is 4. The van der Waals surface area contributed by atoms with E-state index in [1.54, 1.807) is 6.07 Å². The van der Waals surface area contributed by atoms with Gasteiger partial charge in [-0.05, 0) is 47.0 Å². The molecule has 3 rings (SSSR count). The standard InChI is InChI=1S/C13H13BrFN3O/c14-10-7-8(15)3-4-9(10)11-17-12(18-19-11)13(16)5-1-2-6-13/h3-4,7H,1-2,5-6,16H2. The molecule has 1 aliphatic carbocycles. The molecular weight excluding hydrogens is 313 g/mol. The monoisotopic (exact) mass is 325 g/mol. The van der Waals surface area contributed by atoms with E-state index in [4.69, 9.17) is 10.3 Å². The van der Waals surface area contributed by atoms with Gasteiger partial charge in [0.25, 0.3) is 5.89 Å². The van der Waals surface area contributed by atoms with Gasteiger partial charge in [-0.25, -0.2) is 4.39 Å². The maximum Gasteiger partial charge on any atom is 0.259 e. The Morgan fingerprint density at radius 1 is 1.32 bits per heavy atom. The molecule has 19 heavy (non-hydrogen) atoms. The summed E-state index contributed by atoms with van der Waals surface area (Å²) in [5.74, 6) is 0.580. The minimum atomic E-state index is -0.478. The number of rotatable bonds is 2. The van der Waals surface area contributed by atoms with E-state index in [1.807, 2.05) is 0 Å². The van der Waals surface area contributed by atoms with Gasteiger partial charge in [-0.1, -0.05) is 18.0 Å².